The topological polar surface area (TPSA) is 111 Å². The summed E-state index contributed by atoms with van der Waals surface area (Å²) < 4.78 is 5.29. The molecule has 3 N–H and O–H groups in total. The van der Waals surface area contributed by atoms with Crippen LogP contribution in [0.1, 0.15) is 32.0 Å². The van der Waals surface area contributed by atoms with E-state index in [4.69, 9.17) is 4.42 Å². The van der Waals surface area contributed by atoms with Gasteiger partial charge in [-0.2, -0.15) is 5.10 Å². The number of guanidine groups is 1. The van der Waals surface area contributed by atoms with Crippen LogP contribution in [0.25, 0.3) is 11.6 Å². The molecule has 27 heavy (non-hydrogen) atoms. The molecule has 1 fully saturated rings. The number of nitrogens with zero attached hydrogens (tertiary/aromatic N) is 4. The van der Waals surface area contributed by atoms with Gasteiger partial charge in [0.15, 0.2) is 11.7 Å². The minimum Gasteiger partial charge on any atom is -0.461 e. The van der Waals surface area contributed by atoms with Gasteiger partial charge in [0.05, 0.1) is 6.26 Å². The summed E-state index contributed by atoms with van der Waals surface area (Å²) in [5.74, 6) is 3.04. The summed E-state index contributed by atoms with van der Waals surface area (Å²) >= 11 is 0. The summed E-state index contributed by atoms with van der Waals surface area (Å²) in [6.07, 6.45) is 4.84. The molecule has 146 valence electrons. The third kappa shape index (κ3) is 5.57. The quantitative estimate of drug-likeness (QED) is 0.346. The predicted molar refractivity (Wildman–Crippen MR) is 102 cm³/mol. The lowest BCUT2D eigenvalue weighted by atomic mass is 10.4. The number of H-pyrrole nitrogens is 1. The molecule has 1 aliphatic heterocycles. The molecule has 0 bridgehead atoms. The third-order valence-electron chi connectivity index (χ3n) is 4.30. The van der Waals surface area contributed by atoms with Crippen molar-refractivity contribution in [1.29, 1.82) is 0 Å². The van der Waals surface area contributed by atoms with E-state index in [9.17, 15) is 4.79 Å². The van der Waals surface area contributed by atoms with E-state index < -0.39 is 0 Å². The monoisotopic (exact) mass is 373 g/mol. The predicted octanol–water partition coefficient (Wildman–Crippen LogP) is 1.17. The van der Waals surface area contributed by atoms with Crippen LogP contribution in [0.5, 0.6) is 0 Å². The van der Waals surface area contributed by atoms with Crippen molar-refractivity contribution < 1.29 is 9.21 Å². The van der Waals surface area contributed by atoms with Gasteiger partial charge in [-0.3, -0.25) is 14.9 Å². The zero-order chi connectivity index (χ0) is 18.9. The number of aliphatic imine (C=N–C) groups is 1. The summed E-state index contributed by atoms with van der Waals surface area (Å²) in [7, 11) is 0. The van der Waals surface area contributed by atoms with Gasteiger partial charge in [0.1, 0.15) is 5.82 Å². The summed E-state index contributed by atoms with van der Waals surface area (Å²) in [5, 5.41) is 13.6. The first kappa shape index (κ1) is 18.9. The van der Waals surface area contributed by atoms with Crippen molar-refractivity contribution in [1.82, 2.24) is 30.7 Å². The fourth-order valence-corrected chi connectivity index (χ4v) is 2.96. The van der Waals surface area contributed by atoms with Crippen LogP contribution in [0.4, 0.5) is 0 Å². The Hall–Kier alpha value is -2.84. The second-order valence-electron chi connectivity index (χ2n) is 6.36. The Morgan fingerprint density at radius 2 is 2.37 bits per heavy atom. The summed E-state index contributed by atoms with van der Waals surface area (Å²) in [5.41, 5.74) is 0. The van der Waals surface area contributed by atoms with Crippen LogP contribution in [0.15, 0.2) is 27.8 Å². The SMILES string of the molecule is CCNC(=NCCCN1CCCC1=O)NCCc1nc(-c2ccco2)n[nH]1. The van der Waals surface area contributed by atoms with Gasteiger partial charge in [-0.05, 0) is 31.9 Å². The maximum atomic E-state index is 11.6. The van der Waals surface area contributed by atoms with E-state index in [0.29, 0.717) is 37.5 Å². The molecule has 0 aliphatic carbocycles. The number of carbonyl (C=O) groups is 1. The highest BCUT2D eigenvalue weighted by Gasteiger charge is 2.18. The average molecular weight is 373 g/mol. The molecule has 0 atom stereocenters. The van der Waals surface area contributed by atoms with Gasteiger partial charge >= 0.3 is 0 Å². The molecule has 2 aromatic heterocycles. The van der Waals surface area contributed by atoms with Crippen LogP contribution < -0.4 is 10.6 Å². The van der Waals surface area contributed by atoms with E-state index in [0.717, 1.165) is 44.3 Å². The molecule has 9 nitrogen and oxygen atoms in total. The molecule has 0 unspecified atom stereocenters. The number of rotatable bonds is 9. The molecule has 9 heteroatoms. The van der Waals surface area contributed by atoms with E-state index >= 15 is 0 Å². The Balaban J connectivity index is 1.40. The van der Waals surface area contributed by atoms with Crippen LogP contribution in [0.2, 0.25) is 0 Å². The number of furan rings is 1. The molecule has 1 amide bonds. The lowest BCUT2D eigenvalue weighted by Gasteiger charge is -2.15. The van der Waals surface area contributed by atoms with Gasteiger partial charge < -0.3 is 20.0 Å². The Morgan fingerprint density at radius 1 is 1.44 bits per heavy atom. The van der Waals surface area contributed by atoms with E-state index in [1.807, 2.05) is 24.0 Å². The average Bonchev–Trinajstić information content (AvgIpc) is 3.41. The lowest BCUT2D eigenvalue weighted by Crippen LogP contribution is -2.38. The smallest absolute Gasteiger partial charge is 0.222 e. The highest BCUT2D eigenvalue weighted by Crippen LogP contribution is 2.14. The van der Waals surface area contributed by atoms with Gasteiger partial charge in [-0.25, -0.2) is 4.98 Å². The van der Waals surface area contributed by atoms with Crippen molar-refractivity contribution in [2.24, 2.45) is 4.99 Å². The van der Waals surface area contributed by atoms with E-state index in [2.05, 4.69) is 30.8 Å². The Labute approximate surface area is 158 Å². The molecule has 0 spiro atoms. The van der Waals surface area contributed by atoms with Crippen molar-refractivity contribution in [3.8, 4) is 11.6 Å². The van der Waals surface area contributed by atoms with Crippen LogP contribution in [0.3, 0.4) is 0 Å². The van der Waals surface area contributed by atoms with Crippen LogP contribution in [-0.4, -0.2) is 64.7 Å². The van der Waals surface area contributed by atoms with Gasteiger partial charge in [0, 0.05) is 45.6 Å². The van der Waals surface area contributed by atoms with Gasteiger partial charge in [-0.1, -0.05) is 0 Å². The summed E-state index contributed by atoms with van der Waals surface area (Å²) in [6, 6.07) is 3.64. The number of carbonyl (C=O) groups excluding carboxylic acids is 1. The number of hydrogen-bond donors (Lipinski definition) is 3. The number of amides is 1. The minimum atomic E-state index is 0.269. The maximum absolute atomic E-state index is 11.6. The fourth-order valence-electron chi connectivity index (χ4n) is 2.96. The van der Waals surface area contributed by atoms with Gasteiger partial charge in [0.25, 0.3) is 0 Å². The molecule has 1 saturated heterocycles. The first-order chi connectivity index (χ1) is 13.3. The molecule has 1 aliphatic rings. The minimum absolute atomic E-state index is 0.269. The molecule has 0 aromatic carbocycles. The molecular formula is C18H27N7O2. The van der Waals surface area contributed by atoms with Crippen molar-refractivity contribution >= 4 is 11.9 Å². The number of aromatic nitrogens is 3. The third-order valence-corrected chi connectivity index (χ3v) is 4.30. The zero-order valence-corrected chi connectivity index (χ0v) is 15.7. The van der Waals surface area contributed by atoms with Crippen molar-refractivity contribution in [2.45, 2.75) is 32.6 Å². The number of hydrogen-bond acceptors (Lipinski definition) is 5. The maximum Gasteiger partial charge on any atom is 0.222 e. The van der Waals surface area contributed by atoms with Crippen LogP contribution in [-0.2, 0) is 11.2 Å². The number of nitrogens with one attached hydrogen (secondary N) is 3. The van der Waals surface area contributed by atoms with E-state index in [1.54, 1.807) is 6.26 Å². The highest BCUT2D eigenvalue weighted by molar-refractivity contribution is 5.79. The molecular weight excluding hydrogens is 346 g/mol. The number of aromatic amines is 1. The largest absolute Gasteiger partial charge is 0.461 e. The summed E-state index contributed by atoms with van der Waals surface area (Å²) in [4.78, 5) is 22.5. The van der Waals surface area contributed by atoms with Crippen molar-refractivity contribution in [3.05, 3.63) is 24.2 Å². The van der Waals surface area contributed by atoms with Gasteiger partial charge in [-0.15, -0.1) is 0 Å². The first-order valence-electron chi connectivity index (χ1n) is 9.51. The first-order valence-corrected chi connectivity index (χ1v) is 9.51. The van der Waals surface area contributed by atoms with E-state index in [-0.39, 0.29) is 5.91 Å². The van der Waals surface area contributed by atoms with Crippen molar-refractivity contribution in [3.63, 3.8) is 0 Å². The normalized spacial score (nSPS) is 14.8. The Morgan fingerprint density at radius 3 is 3.11 bits per heavy atom. The lowest BCUT2D eigenvalue weighted by molar-refractivity contribution is -0.127. The highest BCUT2D eigenvalue weighted by atomic mass is 16.3. The fraction of sp³-hybridized carbons (Fsp3) is 0.556. The zero-order valence-electron chi connectivity index (χ0n) is 15.7. The molecule has 3 rings (SSSR count). The molecule has 2 aromatic rings. The number of likely N-dealkylation sites (tertiary alicyclic amines) is 1. The van der Waals surface area contributed by atoms with Gasteiger partial charge in [0.2, 0.25) is 11.7 Å². The second-order valence-corrected chi connectivity index (χ2v) is 6.36. The standard InChI is InChI=1S/C18H27N7O2/c1-2-19-18(20-9-5-12-25-11-3-7-16(25)26)21-10-8-15-22-17(24-23-15)14-6-4-13-27-14/h4,6,13H,2-3,5,7-12H2,1H3,(H2,19,20,21)(H,22,23,24). The summed E-state index contributed by atoms with van der Waals surface area (Å²) in [6.45, 7) is 5.87. The molecule has 0 radical (unpaired) electrons. The van der Waals surface area contributed by atoms with Crippen LogP contribution >= 0.6 is 0 Å². The van der Waals surface area contributed by atoms with E-state index in [1.165, 1.54) is 0 Å². The Kier molecular flexibility index (Phi) is 6.84. The Bertz CT molecular complexity index is 739. The molecule has 0 saturated carbocycles. The second kappa shape index (κ2) is 9.75. The molecule has 3 heterocycles. The van der Waals surface area contributed by atoms with Crippen LogP contribution in [0, 0.1) is 0 Å². The van der Waals surface area contributed by atoms with Crippen molar-refractivity contribution in [2.75, 3.05) is 32.7 Å².